The van der Waals surface area contributed by atoms with Crippen LogP contribution in [0.25, 0.3) is 0 Å². The van der Waals surface area contributed by atoms with Crippen LogP contribution in [0.3, 0.4) is 0 Å². The Morgan fingerprint density at radius 3 is 2.50 bits per heavy atom. The van der Waals surface area contributed by atoms with Crippen LogP contribution >= 0.6 is 0 Å². The van der Waals surface area contributed by atoms with E-state index in [0.717, 1.165) is 0 Å². The largest absolute Gasteiger partial charge is 0.272 e. The smallest absolute Gasteiger partial charge is 0.251 e. The molecule has 0 saturated carbocycles. The highest BCUT2D eigenvalue weighted by atomic mass is 16.2. The van der Waals surface area contributed by atoms with Gasteiger partial charge in [-0.15, -0.1) is 0 Å². The molecule has 0 aromatic heterocycles. The second-order valence-corrected chi connectivity index (χ2v) is 2.29. The summed E-state index contributed by atoms with van der Waals surface area (Å²) in [5.41, 5.74) is 1.77. The third-order valence-corrected chi connectivity index (χ3v) is 1.06. The average Bonchev–Trinajstić information content (AvgIpc) is 1.86. The summed E-state index contributed by atoms with van der Waals surface area (Å²) in [5.74, 6) is -0.0856. The van der Waals surface area contributed by atoms with Gasteiger partial charge >= 0.3 is 0 Å². The van der Waals surface area contributed by atoms with E-state index in [-0.39, 0.29) is 5.91 Å². The van der Waals surface area contributed by atoms with Crippen molar-refractivity contribution in [1.29, 1.82) is 0 Å². The van der Waals surface area contributed by atoms with Crippen LogP contribution in [-0.4, -0.2) is 12.1 Å². The van der Waals surface area contributed by atoms with Gasteiger partial charge in [0.2, 0.25) is 0 Å². The molecule has 0 aromatic carbocycles. The Balaban J connectivity index is 2.82. The fraction of sp³-hybridized carbons (Fsp3) is 0.600. The lowest BCUT2D eigenvalue weighted by Gasteiger charge is -2.05. The monoisotopic (exact) mass is 111 g/mol. The van der Waals surface area contributed by atoms with E-state index >= 15 is 0 Å². The predicted molar refractivity (Wildman–Crippen MR) is 29.4 cm³/mol. The molecule has 8 heavy (non-hydrogen) atoms. The van der Waals surface area contributed by atoms with Crippen molar-refractivity contribution in [2.75, 3.05) is 0 Å². The zero-order valence-corrected chi connectivity index (χ0v) is 4.86. The summed E-state index contributed by atoms with van der Waals surface area (Å²) in [6.45, 7) is 3.53. The van der Waals surface area contributed by atoms with Crippen molar-refractivity contribution < 1.29 is 4.79 Å². The number of carbonyl (C=O) groups is 1. The summed E-state index contributed by atoms with van der Waals surface area (Å²) in [4.78, 5) is 10.6. The van der Waals surface area contributed by atoms with Gasteiger partial charge in [-0.3, -0.25) is 4.79 Å². The Morgan fingerprint density at radius 2 is 2.38 bits per heavy atom. The highest BCUT2D eigenvalue weighted by Crippen LogP contribution is 2.14. The minimum Gasteiger partial charge on any atom is -0.272 e. The number of hydrazone groups is 1. The maximum Gasteiger partial charge on any atom is 0.251 e. The third-order valence-electron chi connectivity index (χ3n) is 1.06. The van der Waals surface area contributed by atoms with Crippen LogP contribution in [0.15, 0.2) is 5.10 Å². The van der Waals surface area contributed by atoms with Crippen molar-refractivity contribution in [2.45, 2.75) is 13.8 Å². The highest BCUT2D eigenvalue weighted by molar-refractivity contribution is 6.00. The Kier molecular flexibility index (Phi) is 0.863. The molecule has 1 radical (unpaired) electrons. The van der Waals surface area contributed by atoms with Crippen LogP contribution < -0.4 is 5.43 Å². The number of hydrogen-bond acceptors (Lipinski definition) is 2. The van der Waals surface area contributed by atoms with Gasteiger partial charge in [-0.2, -0.15) is 5.10 Å². The second kappa shape index (κ2) is 1.31. The van der Waals surface area contributed by atoms with Crippen LogP contribution in [0.5, 0.6) is 0 Å². The molecule has 0 fully saturated rings. The highest BCUT2D eigenvalue weighted by Gasteiger charge is 2.30. The lowest BCUT2D eigenvalue weighted by atomic mass is 9.96. The first-order chi connectivity index (χ1) is 3.63. The molecule has 1 heterocycles. The summed E-state index contributed by atoms with van der Waals surface area (Å²) in [7, 11) is 0. The summed E-state index contributed by atoms with van der Waals surface area (Å²) < 4.78 is 0. The van der Waals surface area contributed by atoms with Crippen molar-refractivity contribution in [2.24, 2.45) is 10.5 Å². The maximum atomic E-state index is 10.6. The summed E-state index contributed by atoms with van der Waals surface area (Å²) in [5, 5.41) is 3.47. The number of carbonyl (C=O) groups excluding carboxylic acids is 1. The molecule has 1 aliphatic heterocycles. The van der Waals surface area contributed by atoms with Gasteiger partial charge in [0.1, 0.15) is 6.21 Å². The lowest BCUT2D eigenvalue weighted by Crippen LogP contribution is -2.27. The van der Waals surface area contributed by atoms with E-state index in [1.54, 1.807) is 13.8 Å². The van der Waals surface area contributed by atoms with E-state index in [0.29, 0.717) is 0 Å². The molecule has 0 unspecified atom stereocenters. The van der Waals surface area contributed by atoms with Crippen LogP contribution in [0.4, 0.5) is 0 Å². The number of rotatable bonds is 0. The molecule has 0 spiro atoms. The van der Waals surface area contributed by atoms with E-state index in [1.807, 2.05) is 0 Å². The van der Waals surface area contributed by atoms with Gasteiger partial charge in [-0.1, -0.05) is 0 Å². The average molecular weight is 111 g/mol. The second-order valence-electron chi connectivity index (χ2n) is 2.29. The molecule has 1 rings (SSSR count). The van der Waals surface area contributed by atoms with Crippen LogP contribution in [0.2, 0.25) is 0 Å². The molecule has 1 aliphatic rings. The maximum absolute atomic E-state index is 10.6. The molecule has 0 aliphatic carbocycles. The molecule has 3 nitrogen and oxygen atoms in total. The number of nitrogens with zero attached hydrogens (tertiary/aromatic N) is 1. The van der Waals surface area contributed by atoms with Gasteiger partial charge in [0.25, 0.3) is 5.91 Å². The first-order valence-corrected chi connectivity index (χ1v) is 2.40. The van der Waals surface area contributed by atoms with Crippen molar-refractivity contribution in [3.05, 3.63) is 0 Å². The van der Waals surface area contributed by atoms with Gasteiger partial charge in [0, 0.05) is 0 Å². The van der Waals surface area contributed by atoms with E-state index in [1.165, 1.54) is 0 Å². The van der Waals surface area contributed by atoms with Crippen LogP contribution in [-0.2, 0) is 4.79 Å². The fourth-order valence-corrected chi connectivity index (χ4v) is 0.409. The van der Waals surface area contributed by atoms with E-state index < -0.39 is 5.41 Å². The van der Waals surface area contributed by atoms with E-state index in [2.05, 4.69) is 16.7 Å². The van der Waals surface area contributed by atoms with Gasteiger partial charge in [-0.05, 0) is 13.8 Å². The zero-order valence-electron chi connectivity index (χ0n) is 4.86. The summed E-state index contributed by atoms with van der Waals surface area (Å²) in [6, 6.07) is 0. The van der Waals surface area contributed by atoms with Gasteiger partial charge in [0.05, 0.1) is 5.41 Å². The van der Waals surface area contributed by atoms with Crippen molar-refractivity contribution in [3.63, 3.8) is 0 Å². The van der Waals surface area contributed by atoms with Gasteiger partial charge in [-0.25, -0.2) is 5.43 Å². The van der Waals surface area contributed by atoms with E-state index in [4.69, 9.17) is 0 Å². The molecule has 43 valence electrons. The molecular weight excluding hydrogens is 104 g/mol. The first kappa shape index (κ1) is 5.28. The normalized spacial score (nSPS) is 23.5. The van der Waals surface area contributed by atoms with Crippen molar-refractivity contribution in [3.8, 4) is 0 Å². The number of hydrogen-bond donors (Lipinski definition) is 1. The Labute approximate surface area is 47.8 Å². The van der Waals surface area contributed by atoms with Crippen molar-refractivity contribution in [1.82, 2.24) is 5.43 Å². The number of amides is 1. The molecule has 3 heteroatoms. The summed E-state index contributed by atoms with van der Waals surface area (Å²) in [6.07, 6.45) is 2.61. The van der Waals surface area contributed by atoms with Crippen LogP contribution in [0.1, 0.15) is 13.8 Å². The fourth-order valence-electron chi connectivity index (χ4n) is 0.409. The van der Waals surface area contributed by atoms with Gasteiger partial charge < -0.3 is 0 Å². The SMILES string of the molecule is CC1(C)[C]=NNC1=O. The Bertz CT molecular complexity index is 149. The zero-order chi connectivity index (χ0) is 6.20. The Hall–Kier alpha value is -0.860. The Morgan fingerprint density at radius 1 is 1.75 bits per heavy atom. The predicted octanol–water partition coefficient (Wildman–Crippen LogP) is 0.00520. The third kappa shape index (κ3) is 0.598. The summed E-state index contributed by atoms with van der Waals surface area (Å²) >= 11 is 0. The molecule has 0 aromatic rings. The first-order valence-electron chi connectivity index (χ1n) is 2.40. The standard InChI is InChI=1S/C5H7N2O/c1-5(2)3-6-7-4(5)8/h1-2H3,(H,7,8). The quantitative estimate of drug-likeness (QED) is 0.470. The molecule has 1 amide bonds. The topological polar surface area (TPSA) is 41.5 Å². The van der Waals surface area contributed by atoms with Crippen LogP contribution in [0, 0.1) is 5.41 Å². The lowest BCUT2D eigenvalue weighted by molar-refractivity contribution is -0.124. The molecule has 0 atom stereocenters. The molecule has 0 saturated heterocycles. The molecular formula is C5H7N2O. The minimum atomic E-state index is -0.514. The number of nitrogens with one attached hydrogen (secondary N) is 1. The molecule has 0 bridgehead atoms. The van der Waals surface area contributed by atoms with E-state index in [9.17, 15) is 4.79 Å². The minimum absolute atomic E-state index is 0.0856. The van der Waals surface area contributed by atoms with Gasteiger partial charge in [0.15, 0.2) is 0 Å². The van der Waals surface area contributed by atoms with Crippen molar-refractivity contribution >= 4 is 12.1 Å². The molecule has 1 N–H and O–H groups in total.